The van der Waals surface area contributed by atoms with Crippen LogP contribution in [0.1, 0.15) is 12.6 Å². The summed E-state index contributed by atoms with van der Waals surface area (Å²) >= 11 is 0. The molecule has 1 aromatic heterocycles. The van der Waals surface area contributed by atoms with Crippen molar-refractivity contribution in [1.82, 2.24) is 9.88 Å². The number of benzene rings is 1. The molecule has 0 saturated carbocycles. The fraction of sp³-hybridized carbons (Fsp3) is 0.368. The molecule has 1 aromatic carbocycles. The summed E-state index contributed by atoms with van der Waals surface area (Å²) in [6, 6.07) is 16.5. The van der Waals surface area contributed by atoms with Gasteiger partial charge in [0.25, 0.3) is 0 Å². The van der Waals surface area contributed by atoms with Crippen LogP contribution in [0.3, 0.4) is 0 Å². The first-order valence-corrected chi connectivity index (χ1v) is 8.18. The molecule has 4 nitrogen and oxygen atoms in total. The number of para-hydroxylation sites is 1. The monoisotopic (exact) mass is 309 g/mol. The average Bonchev–Trinajstić information content (AvgIpc) is 2.79. The summed E-state index contributed by atoms with van der Waals surface area (Å²) in [4.78, 5) is 20.7. The Kier molecular flexibility index (Phi) is 4.91. The number of aromatic nitrogens is 1. The Morgan fingerprint density at radius 2 is 1.87 bits per heavy atom. The van der Waals surface area contributed by atoms with Gasteiger partial charge in [0, 0.05) is 50.7 Å². The molecule has 0 unspecified atom stereocenters. The molecule has 2 aromatic rings. The lowest BCUT2D eigenvalue weighted by Crippen LogP contribution is -2.34. The molecule has 1 atom stereocenters. The summed E-state index contributed by atoms with van der Waals surface area (Å²) in [5.41, 5.74) is 2.32. The molecule has 1 aliphatic heterocycles. The van der Waals surface area contributed by atoms with Crippen LogP contribution < -0.4 is 4.90 Å². The van der Waals surface area contributed by atoms with Crippen LogP contribution in [0.5, 0.6) is 0 Å². The van der Waals surface area contributed by atoms with E-state index in [1.807, 2.05) is 29.3 Å². The smallest absolute Gasteiger partial charge is 0.219 e. The Hall–Kier alpha value is -2.36. The zero-order valence-corrected chi connectivity index (χ0v) is 13.6. The van der Waals surface area contributed by atoms with Gasteiger partial charge in [-0.25, -0.2) is 0 Å². The summed E-state index contributed by atoms with van der Waals surface area (Å²) in [6.07, 6.45) is 2.73. The maximum absolute atomic E-state index is 11.9. The normalized spacial score (nSPS) is 18.6. The second-order valence-electron chi connectivity index (χ2n) is 6.14. The SMILES string of the molecule is CC(=O)N1CCN(c2ccccc2)C[C@@H](Cc2ccccn2)C1. The third-order valence-electron chi connectivity index (χ3n) is 4.39. The van der Waals surface area contributed by atoms with Gasteiger partial charge in [-0.1, -0.05) is 24.3 Å². The van der Waals surface area contributed by atoms with Crippen LogP contribution >= 0.6 is 0 Å². The molecule has 0 N–H and O–H groups in total. The van der Waals surface area contributed by atoms with E-state index >= 15 is 0 Å². The Morgan fingerprint density at radius 1 is 1.09 bits per heavy atom. The van der Waals surface area contributed by atoms with Gasteiger partial charge in [-0.15, -0.1) is 0 Å². The van der Waals surface area contributed by atoms with Crippen molar-refractivity contribution in [3.8, 4) is 0 Å². The van der Waals surface area contributed by atoms with Crippen molar-refractivity contribution in [3.63, 3.8) is 0 Å². The van der Waals surface area contributed by atoms with E-state index in [-0.39, 0.29) is 5.91 Å². The van der Waals surface area contributed by atoms with Gasteiger partial charge in [0.15, 0.2) is 0 Å². The molecule has 0 aliphatic carbocycles. The number of hydrogen-bond acceptors (Lipinski definition) is 3. The summed E-state index contributed by atoms with van der Waals surface area (Å²) < 4.78 is 0. The van der Waals surface area contributed by atoms with Crippen LogP contribution in [0.2, 0.25) is 0 Å². The number of pyridine rings is 1. The molecule has 2 heterocycles. The van der Waals surface area contributed by atoms with Gasteiger partial charge >= 0.3 is 0 Å². The van der Waals surface area contributed by atoms with Gasteiger partial charge < -0.3 is 9.80 Å². The molecule has 1 saturated heterocycles. The highest BCUT2D eigenvalue weighted by Gasteiger charge is 2.24. The third kappa shape index (κ3) is 4.09. The highest BCUT2D eigenvalue weighted by molar-refractivity contribution is 5.73. The van der Waals surface area contributed by atoms with Crippen LogP contribution in [-0.2, 0) is 11.2 Å². The molecule has 0 radical (unpaired) electrons. The summed E-state index contributed by atoms with van der Waals surface area (Å²) in [7, 11) is 0. The van der Waals surface area contributed by atoms with Gasteiger partial charge in [0.2, 0.25) is 5.91 Å². The second-order valence-corrected chi connectivity index (χ2v) is 6.14. The van der Waals surface area contributed by atoms with E-state index in [4.69, 9.17) is 0 Å². The molecule has 3 rings (SSSR count). The topological polar surface area (TPSA) is 36.4 Å². The summed E-state index contributed by atoms with van der Waals surface area (Å²) in [5.74, 6) is 0.544. The first kappa shape index (κ1) is 15.5. The van der Waals surface area contributed by atoms with E-state index in [0.29, 0.717) is 5.92 Å². The van der Waals surface area contributed by atoms with E-state index in [2.05, 4.69) is 40.2 Å². The number of carbonyl (C=O) groups excluding carboxylic acids is 1. The predicted molar refractivity (Wildman–Crippen MR) is 92.3 cm³/mol. The van der Waals surface area contributed by atoms with E-state index in [0.717, 1.165) is 38.3 Å². The van der Waals surface area contributed by atoms with Crippen LogP contribution in [-0.4, -0.2) is 42.0 Å². The summed E-state index contributed by atoms with van der Waals surface area (Å²) in [5, 5.41) is 0. The molecule has 1 fully saturated rings. The maximum Gasteiger partial charge on any atom is 0.219 e. The minimum atomic E-state index is 0.158. The number of rotatable bonds is 3. The predicted octanol–water partition coefficient (Wildman–Crippen LogP) is 2.61. The quantitative estimate of drug-likeness (QED) is 0.874. The molecule has 1 aliphatic rings. The van der Waals surface area contributed by atoms with Crippen molar-refractivity contribution >= 4 is 11.6 Å². The highest BCUT2D eigenvalue weighted by Crippen LogP contribution is 2.20. The zero-order valence-electron chi connectivity index (χ0n) is 13.6. The molecular weight excluding hydrogens is 286 g/mol. The van der Waals surface area contributed by atoms with Crippen molar-refractivity contribution in [2.75, 3.05) is 31.1 Å². The molecule has 4 heteroatoms. The van der Waals surface area contributed by atoms with Crippen molar-refractivity contribution in [2.45, 2.75) is 13.3 Å². The van der Waals surface area contributed by atoms with Gasteiger partial charge in [-0.05, 0) is 36.6 Å². The largest absolute Gasteiger partial charge is 0.369 e. The number of hydrogen-bond donors (Lipinski definition) is 0. The van der Waals surface area contributed by atoms with Gasteiger partial charge in [0.1, 0.15) is 0 Å². The molecule has 23 heavy (non-hydrogen) atoms. The molecule has 0 spiro atoms. The Morgan fingerprint density at radius 3 is 2.57 bits per heavy atom. The number of nitrogens with zero attached hydrogens (tertiary/aromatic N) is 3. The van der Waals surface area contributed by atoms with E-state index < -0.39 is 0 Å². The first-order chi connectivity index (χ1) is 11.2. The van der Waals surface area contributed by atoms with E-state index in [1.165, 1.54) is 5.69 Å². The van der Waals surface area contributed by atoms with Crippen molar-refractivity contribution in [3.05, 3.63) is 60.4 Å². The van der Waals surface area contributed by atoms with Gasteiger partial charge in [0.05, 0.1) is 0 Å². The average molecular weight is 309 g/mol. The lowest BCUT2D eigenvalue weighted by molar-refractivity contribution is -0.129. The van der Waals surface area contributed by atoms with E-state index in [1.54, 1.807) is 6.92 Å². The zero-order chi connectivity index (χ0) is 16.1. The van der Waals surface area contributed by atoms with Gasteiger partial charge in [-0.3, -0.25) is 9.78 Å². The van der Waals surface area contributed by atoms with Crippen LogP contribution in [0.25, 0.3) is 0 Å². The third-order valence-corrected chi connectivity index (χ3v) is 4.39. The molecular formula is C19H23N3O. The van der Waals surface area contributed by atoms with Gasteiger partial charge in [-0.2, -0.15) is 0 Å². The lowest BCUT2D eigenvalue weighted by Gasteiger charge is -2.25. The first-order valence-electron chi connectivity index (χ1n) is 8.18. The fourth-order valence-electron chi connectivity index (χ4n) is 3.21. The van der Waals surface area contributed by atoms with Crippen molar-refractivity contribution in [1.29, 1.82) is 0 Å². The Bertz CT molecular complexity index is 630. The lowest BCUT2D eigenvalue weighted by atomic mass is 10.0. The highest BCUT2D eigenvalue weighted by atomic mass is 16.2. The van der Waals surface area contributed by atoms with Crippen molar-refractivity contribution in [2.24, 2.45) is 5.92 Å². The van der Waals surface area contributed by atoms with Crippen LogP contribution in [0.4, 0.5) is 5.69 Å². The molecule has 120 valence electrons. The standard InChI is InChI=1S/C19H23N3O/c1-16(23)21-11-12-22(19-8-3-2-4-9-19)15-17(14-21)13-18-7-5-6-10-20-18/h2-10,17H,11-15H2,1H3/t17-/m0/s1. The number of anilines is 1. The van der Waals surface area contributed by atoms with Crippen LogP contribution in [0.15, 0.2) is 54.7 Å². The Balaban J connectivity index is 1.78. The second kappa shape index (κ2) is 7.27. The van der Waals surface area contributed by atoms with Crippen molar-refractivity contribution < 1.29 is 4.79 Å². The Labute approximate surface area is 137 Å². The van der Waals surface area contributed by atoms with E-state index in [9.17, 15) is 4.79 Å². The molecule has 0 bridgehead atoms. The summed E-state index contributed by atoms with van der Waals surface area (Å²) in [6.45, 7) is 5.07. The fourth-order valence-corrected chi connectivity index (χ4v) is 3.21. The molecule has 1 amide bonds. The minimum absolute atomic E-state index is 0.158. The van der Waals surface area contributed by atoms with Crippen LogP contribution in [0, 0.1) is 5.92 Å². The maximum atomic E-state index is 11.9. The minimum Gasteiger partial charge on any atom is -0.369 e. The number of amides is 1. The number of carbonyl (C=O) groups is 1.